The molecule has 0 N–H and O–H groups in total. The van der Waals surface area contributed by atoms with Crippen LogP contribution in [0.15, 0.2) is 59.8 Å². The van der Waals surface area contributed by atoms with Crippen molar-refractivity contribution in [2.45, 2.75) is 17.8 Å². The van der Waals surface area contributed by atoms with Gasteiger partial charge in [0.05, 0.1) is 5.69 Å². The third-order valence-electron chi connectivity index (χ3n) is 2.99. The summed E-state index contributed by atoms with van der Waals surface area (Å²) in [6.07, 6.45) is 0. The highest BCUT2D eigenvalue weighted by Crippen LogP contribution is 2.23. The van der Waals surface area contributed by atoms with Gasteiger partial charge in [0, 0.05) is 12.7 Å². The van der Waals surface area contributed by atoms with Gasteiger partial charge in [-0.3, -0.25) is 4.79 Å². The van der Waals surface area contributed by atoms with Gasteiger partial charge in [0.15, 0.2) is 0 Å². The lowest BCUT2D eigenvalue weighted by atomic mass is 10.2. The highest BCUT2D eigenvalue weighted by molar-refractivity contribution is 7.98. The second-order valence-corrected chi connectivity index (χ2v) is 5.68. The van der Waals surface area contributed by atoms with Crippen LogP contribution in [0.3, 0.4) is 0 Å². The standard InChI is InChI=1S/C16H14N4O2S/c1-12(21)22-15-9-7-13(8-10-15)11-23-16-17-18-19-20(16)14-5-3-2-4-6-14/h2-10H,11H2,1H3. The van der Waals surface area contributed by atoms with Gasteiger partial charge >= 0.3 is 5.97 Å². The summed E-state index contributed by atoms with van der Waals surface area (Å²) >= 11 is 1.54. The number of nitrogens with zero attached hydrogens (tertiary/aromatic N) is 4. The first-order chi connectivity index (χ1) is 11.2. The number of para-hydroxylation sites is 1. The van der Waals surface area contributed by atoms with E-state index >= 15 is 0 Å². The molecule has 0 aliphatic rings. The summed E-state index contributed by atoms with van der Waals surface area (Å²) in [4.78, 5) is 10.9. The average Bonchev–Trinajstić information content (AvgIpc) is 3.03. The van der Waals surface area contributed by atoms with Crippen LogP contribution in [0.25, 0.3) is 5.69 Å². The minimum Gasteiger partial charge on any atom is -0.427 e. The fraction of sp³-hybridized carbons (Fsp3) is 0.125. The van der Waals surface area contributed by atoms with E-state index in [2.05, 4.69) is 15.5 Å². The molecule has 0 bridgehead atoms. The molecule has 0 unspecified atom stereocenters. The number of tetrazole rings is 1. The second kappa shape index (κ2) is 7.06. The molecular weight excluding hydrogens is 312 g/mol. The minimum atomic E-state index is -0.325. The molecule has 1 heterocycles. The number of hydrogen-bond acceptors (Lipinski definition) is 6. The van der Waals surface area contributed by atoms with Crippen molar-refractivity contribution in [3.8, 4) is 11.4 Å². The van der Waals surface area contributed by atoms with Crippen LogP contribution in [0.4, 0.5) is 0 Å². The fourth-order valence-corrected chi connectivity index (χ4v) is 2.81. The number of benzene rings is 2. The molecule has 3 aromatic rings. The number of rotatable bonds is 5. The van der Waals surface area contributed by atoms with Gasteiger partial charge in [0.2, 0.25) is 5.16 Å². The lowest BCUT2D eigenvalue weighted by Crippen LogP contribution is -2.01. The molecule has 0 saturated heterocycles. The summed E-state index contributed by atoms with van der Waals surface area (Å²) < 4.78 is 6.72. The smallest absolute Gasteiger partial charge is 0.308 e. The van der Waals surface area contributed by atoms with Gasteiger partial charge in [-0.1, -0.05) is 42.1 Å². The predicted octanol–water partition coefficient (Wildman–Crippen LogP) is 2.88. The Morgan fingerprint density at radius 2 is 1.87 bits per heavy atom. The van der Waals surface area contributed by atoms with E-state index in [1.54, 1.807) is 28.6 Å². The van der Waals surface area contributed by atoms with Crippen LogP contribution in [-0.2, 0) is 10.5 Å². The Morgan fingerprint density at radius 3 is 2.57 bits per heavy atom. The van der Waals surface area contributed by atoms with E-state index in [0.717, 1.165) is 16.4 Å². The Hall–Kier alpha value is -2.67. The third kappa shape index (κ3) is 3.95. The van der Waals surface area contributed by atoms with Crippen LogP contribution < -0.4 is 4.74 Å². The summed E-state index contributed by atoms with van der Waals surface area (Å²) in [5.74, 6) is 0.933. The number of carbonyl (C=O) groups is 1. The van der Waals surface area contributed by atoms with Crippen molar-refractivity contribution in [2.24, 2.45) is 0 Å². The summed E-state index contributed by atoms with van der Waals surface area (Å²) in [6.45, 7) is 1.38. The zero-order valence-corrected chi connectivity index (χ0v) is 13.2. The fourth-order valence-electron chi connectivity index (χ4n) is 1.97. The van der Waals surface area contributed by atoms with Crippen molar-refractivity contribution in [1.82, 2.24) is 20.2 Å². The van der Waals surface area contributed by atoms with Crippen LogP contribution in [0.1, 0.15) is 12.5 Å². The van der Waals surface area contributed by atoms with E-state index in [1.165, 1.54) is 6.92 Å². The molecule has 0 aliphatic heterocycles. The number of esters is 1. The molecular formula is C16H14N4O2S. The summed E-state index contributed by atoms with van der Waals surface area (Å²) in [5, 5.41) is 12.5. The monoisotopic (exact) mass is 326 g/mol. The molecule has 0 amide bonds. The van der Waals surface area contributed by atoms with Crippen LogP contribution in [0.5, 0.6) is 5.75 Å². The Kier molecular flexibility index (Phi) is 4.68. The van der Waals surface area contributed by atoms with Gasteiger partial charge in [0.25, 0.3) is 0 Å². The quantitative estimate of drug-likeness (QED) is 0.408. The molecule has 6 nitrogen and oxygen atoms in total. The number of ether oxygens (including phenoxy) is 1. The van der Waals surface area contributed by atoms with Crippen molar-refractivity contribution >= 4 is 17.7 Å². The first-order valence-corrected chi connectivity index (χ1v) is 7.95. The average molecular weight is 326 g/mol. The highest BCUT2D eigenvalue weighted by Gasteiger charge is 2.09. The molecule has 0 aliphatic carbocycles. The zero-order valence-electron chi connectivity index (χ0n) is 12.4. The maximum absolute atomic E-state index is 10.9. The van der Waals surface area contributed by atoms with Crippen molar-refractivity contribution in [3.05, 3.63) is 60.2 Å². The number of thioether (sulfide) groups is 1. The molecule has 0 spiro atoms. The summed E-state index contributed by atoms with van der Waals surface area (Å²) in [6, 6.07) is 17.1. The maximum Gasteiger partial charge on any atom is 0.308 e. The molecule has 0 fully saturated rings. The Labute approximate surface area is 137 Å². The first kappa shape index (κ1) is 15.2. The van der Waals surface area contributed by atoms with Crippen LogP contribution >= 0.6 is 11.8 Å². The van der Waals surface area contributed by atoms with E-state index in [0.29, 0.717) is 11.5 Å². The normalized spacial score (nSPS) is 10.5. The summed E-state index contributed by atoms with van der Waals surface area (Å²) in [5.41, 5.74) is 2.01. The lowest BCUT2D eigenvalue weighted by molar-refractivity contribution is -0.131. The van der Waals surface area contributed by atoms with E-state index in [1.807, 2.05) is 42.5 Å². The largest absolute Gasteiger partial charge is 0.427 e. The number of carbonyl (C=O) groups excluding carboxylic acids is 1. The third-order valence-corrected chi connectivity index (χ3v) is 3.98. The molecule has 0 atom stereocenters. The van der Waals surface area contributed by atoms with Gasteiger partial charge in [-0.15, -0.1) is 5.10 Å². The summed E-state index contributed by atoms with van der Waals surface area (Å²) in [7, 11) is 0. The van der Waals surface area contributed by atoms with Crippen molar-refractivity contribution in [3.63, 3.8) is 0 Å². The van der Waals surface area contributed by atoms with Gasteiger partial charge in [0.1, 0.15) is 5.75 Å². The van der Waals surface area contributed by atoms with Gasteiger partial charge in [-0.25, -0.2) is 0 Å². The van der Waals surface area contributed by atoms with Gasteiger partial charge in [-0.2, -0.15) is 4.68 Å². The molecule has 3 rings (SSSR count). The van der Waals surface area contributed by atoms with Crippen molar-refractivity contribution in [1.29, 1.82) is 0 Å². The van der Waals surface area contributed by atoms with Crippen molar-refractivity contribution in [2.75, 3.05) is 0 Å². The SMILES string of the molecule is CC(=O)Oc1ccc(CSc2nnnn2-c2ccccc2)cc1. The number of hydrogen-bond donors (Lipinski definition) is 0. The van der Waals surface area contributed by atoms with Gasteiger partial charge in [-0.05, 0) is 40.3 Å². The Balaban J connectivity index is 1.67. The van der Waals surface area contributed by atoms with Crippen molar-refractivity contribution < 1.29 is 9.53 Å². The maximum atomic E-state index is 10.9. The highest BCUT2D eigenvalue weighted by atomic mass is 32.2. The predicted molar refractivity (Wildman–Crippen MR) is 86.5 cm³/mol. The van der Waals surface area contributed by atoms with Crippen LogP contribution in [0, 0.1) is 0 Å². The molecule has 116 valence electrons. The number of aromatic nitrogens is 4. The van der Waals surface area contributed by atoms with Crippen LogP contribution in [0.2, 0.25) is 0 Å². The second-order valence-electron chi connectivity index (χ2n) is 4.74. The van der Waals surface area contributed by atoms with E-state index in [9.17, 15) is 4.79 Å². The molecule has 2 aromatic carbocycles. The molecule has 1 aromatic heterocycles. The van der Waals surface area contributed by atoms with E-state index in [-0.39, 0.29) is 5.97 Å². The van der Waals surface area contributed by atoms with Gasteiger partial charge < -0.3 is 4.74 Å². The zero-order chi connectivity index (χ0) is 16.1. The Bertz CT molecular complexity index is 787. The lowest BCUT2D eigenvalue weighted by Gasteiger charge is -2.05. The molecule has 0 saturated carbocycles. The Morgan fingerprint density at radius 1 is 1.13 bits per heavy atom. The van der Waals surface area contributed by atoms with E-state index in [4.69, 9.17) is 4.74 Å². The molecule has 0 radical (unpaired) electrons. The minimum absolute atomic E-state index is 0.325. The first-order valence-electron chi connectivity index (χ1n) is 6.96. The van der Waals surface area contributed by atoms with Crippen LogP contribution in [-0.4, -0.2) is 26.2 Å². The molecule has 7 heteroatoms. The van der Waals surface area contributed by atoms with E-state index < -0.39 is 0 Å². The topological polar surface area (TPSA) is 69.9 Å². The molecule has 23 heavy (non-hydrogen) atoms.